The van der Waals surface area contributed by atoms with Gasteiger partial charge in [0, 0.05) is 53.7 Å². The number of hydrogen-bond acceptors (Lipinski definition) is 2. The summed E-state index contributed by atoms with van der Waals surface area (Å²) >= 11 is 1.86. The Kier molecular flexibility index (Phi) is 7.13. The lowest BCUT2D eigenvalue weighted by atomic mass is 9.96. The van der Waals surface area contributed by atoms with Gasteiger partial charge in [0.2, 0.25) is 0 Å². The standard InChI is InChI=1S/C54H34N2S/c1-2-10-44-37(9-1)17-19-39-20-18-38-25-30-42(33-48(38)54(39)44)55(43-31-32-53-49(34-43)47-13-5-8-16-52(47)57-53)40-26-21-35(22-27-40)36-23-28-41(29-24-36)56-50-14-6-3-11-45(50)46-12-4-7-15-51(46)56/h1-34H. The average Bonchev–Trinajstić information content (AvgIpc) is 3.82. The normalized spacial score (nSPS) is 11.9. The third kappa shape index (κ3) is 5.10. The molecule has 12 aromatic rings. The summed E-state index contributed by atoms with van der Waals surface area (Å²) in [4.78, 5) is 2.42. The number of fused-ring (bicyclic) bond motifs is 11. The van der Waals surface area contributed by atoms with Gasteiger partial charge in [-0.1, -0.05) is 133 Å². The smallest absolute Gasteiger partial charge is 0.0541 e. The fourth-order valence-corrected chi connectivity index (χ4v) is 10.1. The summed E-state index contributed by atoms with van der Waals surface area (Å²) < 4.78 is 4.99. The van der Waals surface area contributed by atoms with Gasteiger partial charge >= 0.3 is 0 Å². The van der Waals surface area contributed by atoms with Crippen LogP contribution in [0.2, 0.25) is 0 Å². The molecule has 2 heterocycles. The fourth-order valence-electron chi connectivity index (χ4n) is 9.06. The highest BCUT2D eigenvalue weighted by atomic mass is 32.1. The van der Waals surface area contributed by atoms with Crippen LogP contribution in [0.3, 0.4) is 0 Å². The maximum absolute atomic E-state index is 2.42. The van der Waals surface area contributed by atoms with Crippen LogP contribution in [0, 0.1) is 0 Å². The SMILES string of the molecule is c1ccc2c(c1)ccc1ccc3ccc(N(c4ccc(-c5ccc(-n6c7ccccc7c7ccccc76)cc5)cc4)c4ccc5sc6ccccc6c5c4)cc3c12. The van der Waals surface area contributed by atoms with Crippen molar-refractivity contribution in [2.75, 3.05) is 4.90 Å². The summed E-state index contributed by atoms with van der Waals surface area (Å²) in [5.41, 5.74) is 9.36. The van der Waals surface area contributed by atoms with Gasteiger partial charge in [0.1, 0.15) is 0 Å². The number of benzene rings is 10. The summed E-state index contributed by atoms with van der Waals surface area (Å²) in [7, 11) is 0. The quantitative estimate of drug-likeness (QED) is 0.159. The maximum atomic E-state index is 2.42. The molecular weight excluding hydrogens is 709 g/mol. The molecule has 0 unspecified atom stereocenters. The second-order valence-corrected chi connectivity index (χ2v) is 16.0. The van der Waals surface area contributed by atoms with E-state index in [1.54, 1.807) is 0 Å². The molecule has 2 aromatic heterocycles. The van der Waals surface area contributed by atoms with Crippen molar-refractivity contribution >= 4 is 103 Å². The van der Waals surface area contributed by atoms with Crippen LogP contribution in [-0.2, 0) is 0 Å². The number of nitrogens with zero attached hydrogens (tertiary/aromatic N) is 2. The molecule has 0 radical (unpaired) electrons. The van der Waals surface area contributed by atoms with Gasteiger partial charge in [-0.2, -0.15) is 0 Å². The van der Waals surface area contributed by atoms with Crippen molar-refractivity contribution in [3.8, 4) is 16.8 Å². The zero-order valence-electron chi connectivity index (χ0n) is 30.9. The van der Waals surface area contributed by atoms with Gasteiger partial charge in [-0.25, -0.2) is 0 Å². The highest BCUT2D eigenvalue weighted by Gasteiger charge is 2.17. The summed E-state index contributed by atoms with van der Waals surface area (Å²) in [6.45, 7) is 0. The first kappa shape index (κ1) is 32.1. The first-order valence-corrected chi connectivity index (χ1v) is 20.3. The van der Waals surface area contributed by atoms with E-state index in [9.17, 15) is 0 Å². The minimum Gasteiger partial charge on any atom is -0.310 e. The van der Waals surface area contributed by atoms with Crippen molar-refractivity contribution in [1.29, 1.82) is 0 Å². The average molecular weight is 743 g/mol. The van der Waals surface area contributed by atoms with Gasteiger partial charge in [0.15, 0.2) is 0 Å². The first-order chi connectivity index (χ1) is 28.2. The van der Waals surface area contributed by atoms with E-state index in [0.29, 0.717) is 0 Å². The van der Waals surface area contributed by atoms with E-state index in [4.69, 9.17) is 0 Å². The Hall–Kier alpha value is -7.20. The summed E-state index contributed by atoms with van der Waals surface area (Å²) in [5.74, 6) is 0. The molecule has 0 aliphatic heterocycles. The molecule has 3 heteroatoms. The van der Waals surface area contributed by atoms with Crippen LogP contribution in [-0.4, -0.2) is 4.57 Å². The van der Waals surface area contributed by atoms with Crippen LogP contribution in [0.15, 0.2) is 206 Å². The molecule has 0 saturated carbocycles. The number of anilines is 3. The van der Waals surface area contributed by atoms with E-state index in [1.807, 2.05) is 11.3 Å². The molecule has 10 aromatic carbocycles. The Bertz CT molecular complexity index is 3460. The van der Waals surface area contributed by atoms with E-state index < -0.39 is 0 Å². The summed E-state index contributed by atoms with van der Waals surface area (Å²) in [6.07, 6.45) is 0. The Balaban J connectivity index is 0.989. The third-order valence-electron chi connectivity index (χ3n) is 11.8. The fraction of sp³-hybridized carbons (Fsp3) is 0. The molecule has 0 atom stereocenters. The molecule has 57 heavy (non-hydrogen) atoms. The number of para-hydroxylation sites is 2. The Morgan fingerprint density at radius 3 is 1.54 bits per heavy atom. The van der Waals surface area contributed by atoms with Crippen molar-refractivity contribution in [1.82, 2.24) is 4.57 Å². The lowest BCUT2D eigenvalue weighted by Crippen LogP contribution is -2.09. The number of hydrogen-bond donors (Lipinski definition) is 0. The van der Waals surface area contributed by atoms with Crippen molar-refractivity contribution in [3.63, 3.8) is 0 Å². The van der Waals surface area contributed by atoms with Crippen LogP contribution >= 0.6 is 11.3 Å². The number of thiophene rings is 1. The van der Waals surface area contributed by atoms with E-state index in [1.165, 1.54) is 85.4 Å². The molecule has 0 N–H and O–H groups in total. The van der Waals surface area contributed by atoms with Gasteiger partial charge in [0.25, 0.3) is 0 Å². The van der Waals surface area contributed by atoms with E-state index >= 15 is 0 Å². The van der Waals surface area contributed by atoms with Crippen LogP contribution < -0.4 is 4.90 Å². The van der Waals surface area contributed by atoms with Crippen LogP contribution in [0.1, 0.15) is 0 Å². The van der Waals surface area contributed by atoms with Crippen molar-refractivity contribution in [2.45, 2.75) is 0 Å². The van der Waals surface area contributed by atoms with Crippen molar-refractivity contribution in [2.24, 2.45) is 0 Å². The molecule has 0 amide bonds. The van der Waals surface area contributed by atoms with E-state index in [0.717, 1.165) is 22.7 Å². The Morgan fingerprint density at radius 1 is 0.333 bits per heavy atom. The van der Waals surface area contributed by atoms with E-state index in [2.05, 4.69) is 216 Å². The maximum Gasteiger partial charge on any atom is 0.0541 e. The predicted molar refractivity (Wildman–Crippen MR) is 246 cm³/mol. The topological polar surface area (TPSA) is 8.17 Å². The summed E-state index contributed by atoms with van der Waals surface area (Å²) in [6, 6.07) is 75.8. The van der Waals surface area contributed by atoms with Crippen LogP contribution in [0.4, 0.5) is 17.1 Å². The lowest BCUT2D eigenvalue weighted by molar-refractivity contribution is 1.18. The van der Waals surface area contributed by atoms with Crippen molar-refractivity contribution < 1.29 is 0 Å². The second kappa shape index (κ2) is 12.7. The highest BCUT2D eigenvalue weighted by molar-refractivity contribution is 7.25. The van der Waals surface area contributed by atoms with Crippen LogP contribution in [0.25, 0.3) is 91.1 Å². The van der Waals surface area contributed by atoms with Gasteiger partial charge < -0.3 is 9.47 Å². The molecule has 2 nitrogen and oxygen atoms in total. The zero-order chi connectivity index (χ0) is 37.5. The largest absolute Gasteiger partial charge is 0.310 e. The predicted octanol–water partition coefficient (Wildman–Crippen LogP) is 15.7. The molecule has 12 rings (SSSR count). The first-order valence-electron chi connectivity index (χ1n) is 19.5. The minimum absolute atomic E-state index is 1.11. The second-order valence-electron chi connectivity index (χ2n) is 14.9. The molecule has 266 valence electrons. The monoisotopic (exact) mass is 742 g/mol. The minimum atomic E-state index is 1.11. The highest BCUT2D eigenvalue weighted by Crippen LogP contribution is 2.43. The molecular formula is C54H34N2S. The molecule has 0 aliphatic rings. The molecule has 0 bridgehead atoms. The van der Waals surface area contributed by atoms with Gasteiger partial charge in [0.05, 0.1) is 11.0 Å². The molecule has 0 spiro atoms. The molecule has 0 fully saturated rings. The Labute approximate surface area is 333 Å². The zero-order valence-corrected chi connectivity index (χ0v) is 31.7. The lowest BCUT2D eigenvalue weighted by Gasteiger charge is -2.26. The molecule has 0 saturated heterocycles. The van der Waals surface area contributed by atoms with Crippen LogP contribution in [0.5, 0.6) is 0 Å². The third-order valence-corrected chi connectivity index (χ3v) is 12.9. The Morgan fingerprint density at radius 2 is 0.825 bits per heavy atom. The van der Waals surface area contributed by atoms with Gasteiger partial charge in [-0.05, 0) is 116 Å². The van der Waals surface area contributed by atoms with Crippen molar-refractivity contribution in [3.05, 3.63) is 206 Å². The summed E-state index contributed by atoms with van der Waals surface area (Å²) in [5, 5.41) is 12.7. The molecule has 0 aliphatic carbocycles. The van der Waals surface area contributed by atoms with Gasteiger partial charge in [-0.3, -0.25) is 0 Å². The number of aromatic nitrogens is 1. The number of rotatable bonds is 5. The van der Waals surface area contributed by atoms with Gasteiger partial charge in [-0.15, -0.1) is 11.3 Å². The van der Waals surface area contributed by atoms with E-state index in [-0.39, 0.29) is 0 Å².